The second-order valence-electron chi connectivity index (χ2n) is 5.76. The van der Waals surface area contributed by atoms with E-state index in [1.54, 1.807) is 6.07 Å². The van der Waals surface area contributed by atoms with Crippen LogP contribution in [0.1, 0.15) is 51.8 Å². The maximum absolute atomic E-state index is 13.5. The number of carbonyl (C=O) groups is 1. The first-order valence-electron chi connectivity index (χ1n) is 7.92. The molecule has 0 aliphatic carbocycles. The Morgan fingerprint density at radius 3 is 2.57 bits per heavy atom. The number of halogens is 1. The fraction of sp³-hybridized carbons (Fsp3) is 0.588. The first-order valence-corrected chi connectivity index (χ1v) is 7.92. The molecule has 2 unspecified atom stereocenters. The van der Waals surface area contributed by atoms with Gasteiger partial charge in [0.2, 0.25) is 5.91 Å². The van der Waals surface area contributed by atoms with Gasteiger partial charge >= 0.3 is 0 Å². The summed E-state index contributed by atoms with van der Waals surface area (Å²) in [5.41, 5.74) is 0.824. The standard InChI is InChI=1S/C17H25FN2O/c1-4-12(5-2)11-20-16(19-15(6-3)17(20)21)13-8-7-9-14(18)10-13/h7-10,12,15-16,19H,4-6,11H2,1-3H3. The highest BCUT2D eigenvalue weighted by Gasteiger charge is 2.39. The molecule has 1 heterocycles. The van der Waals surface area contributed by atoms with Crippen molar-refractivity contribution in [2.45, 2.75) is 52.2 Å². The van der Waals surface area contributed by atoms with E-state index in [0.717, 1.165) is 31.4 Å². The van der Waals surface area contributed by atoms with E-state index >= 15 is 0 Å². The van der Waals surface area contributed by atoms with Crippen LogP contribution in [-0.4, -0.2) is 23.4 Å². The van der Waals surface area contributed by atoms with Crippen LogP contribution >= 0.6 is 0 Å². The maximum Gasteiger partial charge on any atom is 0.241 e. The van der Waals surface area contributed by atoms with Gasteiger partial charge in [0.15, 0.2) is 0 Å². The quantitative estimate of drug-likeness (QED) is 0.870. The first-order chi connectivity index (χ1) is 10.1. The Morgan fingerprint density at radius 1 is 1.29 bits per heavy atom. The van der Waals surface area contributed by atoms with Crippen LogP contribution in [0.25, 0.3) is 0 Å². The molecule has 1 N–H and O–H groups in total. The van der Waals surface area contributed by atoms with Gasteiger partial charge in [-0.25, -0.2) is 4.39 Å². The van der Waals surface area contributed by atoms with Crippen molar-refractivity contribution in [1.82, 2.24) is 10.2 Å². The lowest BCUT2D eigenvalue weighted by molar-refractivity contribution is -0.130. The summed E-state index contributed by atoms with van der Waals surface area (Å²) in [6.45, 7) is 7.03. The van der Waals surface area contributed by atoms with Crippen molar-refractivity contribution in [2.75, 3.05) is 6.54 Å². The zero-order valence-electron chi connectivity index (χ0n) is 13.1. The van der Waals surface area contributed by atoms with Gasteiger partial charge in [0.05, 0.1) is 6.04 Å². The van der Waals surface area contributed by atoms with E-state index < -0.39 is 0 Å². The van der Waals surface area contributed by atoms with Gasteiger partial charge in [0.1, 0.15) is 12.0 Å². The van der Waals surface area contributed by atoms with Crippen molar-refractivity contribution in [3.8, 4) is 0 Å². The molecule has 1 aromatic carbocycles. The SMILES string of the molecule is CCC(CC)CN1C(=O)C(CC)NC1c1cccc(F)c1. The first kappa shape index (κ1) is 16.0. The zero-order chi connectivity index (χ0) is 15.4. The third-order valence-corrected chi connectivity index (χ3v) is 4.43. The molecular weight excluding hydrogens is 267 g/mol. The fourth-order valence-electron chi connectivity index (χ4n) is 2.94. The van der Waals surface area contributed by atoms with Crippen molar-refractivity contribution in [1.29, 1.82) is 0 Å². The van der Waals surface area contributed by atoms with E-state index in [1.807, 2.05) is 17.9 Å². The minimum absolute atomic E-state index is 0.138. The summed E-state index contributed by atoms with van der Waals surface area (Å²) < 4.78 is 13.5. The molecule has 0 aromatic heterocycles. The lowest BCUT2D eigenvalue weighted by Gasteiger charge is -2.28. The molecule has 0 spiro atoms. The van der Waals surface area contributed by atoms with Crippen LogP contribution in [0, 0.1) is 11.7 Å². The Labute approximate surface area is 126 Å². The Kier molecular flexibility index (Phi) is 5.34. The summed E-state index contributed by atoms with van der Waals surface area (Å²) in [6.07, 6.45) is 2.64. The number of carbonyl (C=O) groups excluding carboxylic acids is 1. The number of benzene rings is 1. The van der Waals surface area contributed by atoms with Gasteiger partial charge in [-0.2, -0.15) is 0 Å². The number of amides is 1. The average molecular weight is 292 g/mol. The summed E-state index contributed by atoms with van der Waals surface area (Å²) in [5, 5.41) is 3.35. The molecule has 0 bridgehead atoms. The van der Waals surface area contributed by atoms with Gasteiger partial charge in [0.25, 0.3) is 0 Å². The number of nitrogens with zero attached hydrogens (tertiary/aromatic N) is 1. The second-order valence-corrected chi connectivity index (χ2v) is 5.76. The van der Waals surface area contributed by atoms with Crippen LogP contribution < -0.4 is 5.32 Å². The lowest BCUT2D eigenvalue weighted by Crippen LogP contribution is -2.35. The highest BCUT2D eigenvalue weighted by Crippen LogP contribution is 2.28. The summed E-state index contributed by atoms with van der Waals surface area (Å²) in [7, 11) is 0. The van der Waals surface area contributed by atoms with Crippen LogP contribution in [0.2, 0.25) is 0 Å². The molecule has 4 heteroatoms. The van der Waals surface area contributed by atoms with Gasteiger partial charge < -0.3 is 4.90 Å². The van der Waals surface area contributed by atoms with Gasteiger partial charge in [0, 0.05) is 6.54 Å². The van der Waals surface area contributed by atoms with E-state index in [1.165, 1.54) is 12.1 Å². The maximum atomic E-state index is 13.5. The molecule has 1 fully saturated rings. The number of nitrogens with one attached hydrogen (secondary N) is 1. The van der Waals surface area contributed by atoms with Crippen LogP contribution in [0.15, 0.2) is 24.3 Å². The number of rotatable bonds is 6. The van der Waals surface area contributed by atoms with E-state index in [9.17, 15) is 9.18 Å². The number of hydrogen-bond donors (Lipinski definition) is 1. The molecule has 1 aliphatic heterocycles. The highest BCUT2D eigenvalue weighted by molar-refractivity contribution is 5.84. The Balaban J connectivity index is 2.26. The molecule has 2 rings (SSSR count). The summed E-state index contributed by atoms with van der Waals surface area (Å²) in [5.74, 6) is 0.366. The molecule has 0 saturated carbocycles. The molecule has 1 aromatic rings. The molecule has 3 nitrogen and oxygen atoms in total. The number of hydrogen-bond acceptors (Lipinski definition) is 2. The molecule has 1 amide bonds. The predicted molar refractivity (Wildman–Crippen MR) is 82.1 cm³/mol. The average Bonchev–Trinajstić information content (AvgIpc) is 2.81. The molecule has 21 heavy (non-hydrogen) atoms. The summed E-state index contributed by atoms with van der Waals surface area (Å²) in [6, 6.07) is 6.37. The van der Waals surface area contributed by atoms with E-state index in [2.05, 4.69) is 19.2 Å². The second kappa shape index (κ2) is 7.03. The van der Waals surface area contributed by atoms with E-state index in [-0.39, 0.29) is 23.9 Å². The minimum Gasteiger partial charge on any atom is -0.321 e. The van der Waals surface area contributed by atoms with Gasteiger partial charge in [-0.1, -0.05) is 45.7 Å². The third-order valence-electron chi connectivity index (χ3n) is 4.43. The molecular formula is C17H25FN2O. The summed E-state index contributed by atoms with van der Waals surface area (Å²) in [4.78, 5) is 14.4. The fourth-order valence-corrected chi connectivity index (χ4v) is 2.94. The van der Waals surface area contributed by atoms with Gasteiger partial charge in [-0.05, 0) is 30.0 Å². The minimum atomic E-state index is -0.260. The monoisotopic (exact) mass is 292 g/mol. The van der Waals surface area contributed by atoms with Crippen molar-refractivity contribution in [3.63, 3.8) is 0 Å². The Morgan fingerprint density at radius 2 is 2.00 bits per heavy atom. The molecule has 1 saturated heterocycles. The van der Waals surface area contributed by atoms with E-state index in [0.29, 0.717) is 5.92 Å². The topological polar surface area (TPSA) is 32.3 Å². The normalized spacial score (nSPS) is 22.3. The zero-order valence-corrected chi connectivity index (χ0v) is 13.1. The molecule has 116 valence electrons. The van der Waals surface area contributed by atoms with E-state index in [4.69, 9.17) is 0 Å². The Hall–Kier alpha value is -1.42. The Bertz CT molecular complexity index is 487. The van der Waals surface area contributed by atoms with Crippen molar-refractivity contribution < 1.29 is 9.18 Å². The highest BCUT2D eigenvalue weighted by atomic mass is 19.1. The lowest BCUT2D eigenvalue weighted by atomic mass is 10.0. The van der Waals surface area contributed by atoms with Crippen LogP contribution in [0.5, 0.6) is 0 Å². The van der Waals surface area contributed by atoms with Crippen molar-refractivity contribution in [3.05, 3.63) is 35.6 Å². The van der Waals surface area contributed by atoms with Crippen LogP contribution in [0.3, 0.4) is 0 Å². The summed E-state index contributed by atoms with van der Waals surface area (Å²) >= 11 is 0. The predicted octanol–water partition coefficient (Wildman–Crippen LogP) is 3.47. The smallest absolute Gasteiger partial charge is 0.241 e. The van der Waals surface area contributed by atoms with Gasteiger partial charge in [-0.3, -0.25) is 10.1 Å². The largest absolute Gasteiger partial charge is 0.321 e. The molecule has 0 radical (unpaired) electrons. The van der Waals surface area contributed by atoms with Crippen LogP contribution in [-0.2, 0) is 4.79 Å². The van der Waals surface area contributed by atoms with Crippen LogP contribution in [0.4, 0.5) is 4.39 Å². The molecule has 2 atom stereocenters. The third kappa shape index (κ3) is 3.43. The van der Waals surface area contributed by atoms with Crippen molar-refractivity contribution >= 4 is 5.91 Å². The van der Waals surface area contributed by atoms with Crippen molar-refractivity contribution in [2.24, 2.45) is 5.92 Å². The molecule has 1 aliphatic rings. The van der Waals surface area contributed by atoms with Gasteiger partial charge in [-0.15, -0.1) is 0 Å².